The van der Waals surface area contributed by atoms with Crippen molar-refractivity contribution in [2.75, 3.05) is 20.3 Å². The SMILES string of the molecule is CCC(C)n1nccc1CNCCCOC.Cl. The largest absolute Gasteiger partial charge is 0.385 e. The number of halogens is 1. The van der Waals surface area contributed by atoms with Gasteiger partial charge in [0.05, 0.1) is 5.69 Å². The van der Waals surface area contributed by atoms with Gasteiger partial charge >= 0.3 is 0 Å². The van der Waals surface area contributed by atoms with Gasteiger partial charge in [-0.3, -0.25) is 4.68 Å². The molecule has 4 nitrogen and oxygen atoms in total. The van der Waals surface area contributed by atoms with Crippen LogP contribution in [-0.2, 0) is 11.3 Å². The smallest absolute Gasteiger partial charge is 0.0525 e. The van der Waals surface area contributed by atoms with E-state index >= 15 is 0 Å². The van der Waals surface area contributed by atoms with Crippen LogP contribution < -0.4 is 5.32 Å². The number of methoxy groups -OCH3 is 1. The van der Waals surface area contributed by atoms with E-state index in [-0.39, 0.29) is 12.4 Å². The second-order valence-corrected chi connectivity index (χ2v) is 4.05. The minimum Gasteiger partial charge on any atom is -0.385 e. The summed E-state index contributed by atoms with van der Waals surface area (Å²) in [5, 5.41) is 7.76. The molecule has 1 aromatic rings. The highest BCUT2D eigenvalue weighted by atomic mass is 35.5. The average molecular weight is 262 g/mol. The van der Waals surface area contributed by atoms with Gasteiger partial charge in [0.15, 0.2) is 0 Å². The first-order valence-corrected chi connectivity index (χ1v) is 6.01. The van der Waals surface area contributed by atoms with E-state index in [9.17, 15) is 0 Å². The Morgan fingerprint density at radius 2 is 2.29 bits per heavy atom. The molecule has 0 aliphatic rings. The maximum atomic E-state index is 5.00. The molecule has 0 amide bonds. The second-order valence-electron chi connectivity index (χ2n) is 4.05. The summed E-state index contributed by atoms with van der Waals surface area (Å²) in [6.45, 7) is 7.06. The van der Waals surface area contributed by atoms with Crippen LogP contribution in [0, 0.1) is 0 Å². The molecule has 5 heteroatoms. The molecule has 1 rings (SSSR count). The minimum atomic E-state index is 0. The lowest BCUT2D eigenvalue weighted by Gasteiger charge is -2.14. The van der Waals surface area contributed by atoms with Crippen molar-refractivity contribution < 1.29 is 4.74 Å². The number of rotatable bonds is 8. The molecule has 0 saturated heterocycles. The van der Waals surface area contributed by atoms with Crippen molar-refractivity contribution in [2.45, 2.75) is 39.3 Å². The van der Waals surface area contributed by atoms with Crippen LogP contribution in [0.15, 0.2) is 12.3 Å². The molecule has 1 atom stereocenters. The molecule has 0 radical (unpaired) electrons. The molecule has 1 unspecified atom stereocenters. The molecule has 1 N–H and O–H groups in total. The topological polar surface area (TPSA) is 39.1 Å². The van der Waals surface area contributed by atoms with E-state index < -0.39 is 0 Å². The normalized spacial score (nSPS) is 12.2. The molecular formula is C12H24ClN3O. The van der Waals surface area contributed by atoms with E-state index in [1.54, 1.807) is 7.11 Å². The van der Waals surface area contributed by atoms with Gasteiger partial charge in [0.1, 0.15) is 0 Å². The van der Waals surface area contributed by atoms with Crippen LogP contribution in [0.4, 0.5) is 0 Å². The maximum absolute atomic E-state index is 5.00. The van der Waals surface area contributed by atoms with Gasteiger partial charge in [-0.25, -0.2) is 0 Å². The van der Waals surface area contributed by atoms with E-state index in [1.165, 1.54) is 5.69 Å². The highest BCUT2D eigenvalue weighted by molar-refractivity contribution is 5.85. The van der Waals surface area contributed by atoms with E-state index in [2.05, 4.69) is 35.0 Å². The predicted octanol–water partition coefficient (Wildman–Crippen LogP) is 2.40. The average Bonchev–Trinajstić information content (AvgIpc) is 2.76. The Kier molecular flexibility index (Phi) is 9.13. The number of nitrogens with one attached hydrogen (secondary N) is 1. The van der Waals surface area contributed by atoms with Crippen molar-refractivity contribution >= 4 is 12.4 Å². The Balaban J connectivity index is 0.00000256. The van der Waals surface area contributed by atoms with Gasteiger partial charge in [-0.05, 0) is 32.4 Å². The van der Waals surface area contributed by atoms with Gasteiger partial charge in [-0.15, -0.1) is 12.4 Å². The fraction of sp³-hybridized carbons (Fsp3) is 0.750. The molecule has 0 aliphatic heterocycles. The van der Waals surface area contributed by atoms with Gasteiger partial charge in [0.2, 0.25) is 0 Å². The predicted molar refractivity (Wildman–Crippen MR) is 72.7 cm³/mol. The summed E-state index contributed by atoms with van der Waals surface area (Å²) in [4.78, 5) is 0. The number of ether oxygens (including phenoxy) is 1. The third kappa shape index (κ3) is 5.52. The molecule has 17 heavy (non-hydrogen) atoms. The Morgan fingerprint density at radius 3 is 2.94 bits per heavy atom. The number of hydrogen-bond donors (Lipinski definition) is 1. The van der Waals surface area contributed by atoms with E-state index in [4.69, 9.17) is 4.74 Å². The molecular weight excluding hydrogens is 238 g/mol. The third-order valence-corrected chi connectivity index (χ3v) is 2.77. The van der Waals surface area contributed by atoms with Crippen LogP contribution in [0.25, 0.3) is 0 Å². The summed E-state index contributed by atoms with van der Waals surface area (Å²) in [5.74, 6) is 0. The van der Waals surface area contributed by atoms with Gasteiger partial charge < -0.3 is 10.1 Å². The van der Waals surface area contributed by atoms with Crippen LogP contribution in [-0.4, -0.2) is 30.0 Å². The van der Waals surface area contributed by atoms with Crippen LogP contribution in [0.1, 0.15) is 38.4 Å². The van der Waals surface area contributed by atoms with Crippen molar-refractivity contribution in [3.63, 3.8) is 0 Å². The summed E-state index contributed by atoms with van der Waals surface area (Å²) in [6.07, 6.45) is 4.03. The van der Waals surface area contributed by atoms with E-state index in [0.717, 1.165) is 32.5 Å². The van der Waals surface area contributed by atoms with Crippen LogP contribution in [0.5, 0.6) is 0 Å². The molecule has 100 valence electrons. The Hall–Kier alpha value is -0.580. The standard InChI is InChI=1S/C12H23N3O.ClH/c1-4-11(2)15-12(6-8-14-15)10-13-7-5-9-16-3;/h6,8,11,13H,4-5,7,9-10H2,1-3H3;1H. The molecule has 0 saturated carbocycles. The van der Waals surface area contributed by atoms with Gasteiger partial charge in [0.25, 0.3) is 0 Å². The van der Waals surface area contributed by atoms with Crippen LogP contribution in [0.3, 0.4) is 0 Å². The van der Waals surface area contributed by atoms with Gasteiger partial charge in [0, 0.05) is 32.5 Å². The highest BCUT2D eigenvalue weighted by Crippen LogP contribution is 2.11. The van der Waals surface area contributed by atoms with Crippen molar-refractivity contribution in [3.8, 4) is 0 Å². The van der Waals surface area contributed by atoms with Crippen LogP contribution in [0.2, 0.25) is 0 Å². The monoisotopic (exact) mass is 261 g/mol. The Bertz CT molecular complexity index is 291. The molecule has 0 bridgehead atoms. The third-order valence-electron chi connectivity index (χ3n) is 2.77. The molecule has 1 heterocycles. The number of hydrogen-bond acceptors (Lipinski definition) is 3. The highest BCUT2D eigenvalue weighted by Gasteiger charge is 2.07. The zero-order valence-electron chi connectivity index (χ0n) is 11.0. The van der Waals surface area contributed by atoms with Crippen molar-refractivity contribution in [3.05, 3.63) is 18.0 Å². The Morgan fingerprint density at radius 1 is 1.53 bits per heavy atom. The summed E-state index contributed by atoms with van der Waals surface area (Å²) in [5.41, 5.74) is 1.26. The van der Waals surface area contributed by atoms with E-state index in [0.29, 0.717) is 6.04 Å². The first-order valence-electron chi connectivity index (χ1n) is 6.01. The maximum Gasteiger partial charge on any atom is 0.0525 e. The first kappa shape index (κ1) is 16.4. The van der Waals surface area contributed by atoms with E-state index in [1.807, 2.05) is 6.20 Å². The molecule has 0 aliphatic carbocycles. The lowest BCUT2D eigenvalue weighted by Crippen LogP contribution is -2.20. The number of nitrogens with zero attached hydrogens (tertiary/aromatic N) is 2. The molecule has 1 aromatic heterocycles. The Labute approximate surface area is 110 Å². The fourth-order valence-corrected chi connectivity index (χ4v) is 1.61. The summed E-state index contributed by atoms with van der Waals surface area (Å²) in [7, 11) is 1.73. The summed E-state index contributed by atoms with van der Waals surface area (Å²) in [6, 6.07) is 2.56. The van der Waals surface area contributed by atoms with Crippen molar-refractivity contribution in [1.82, 2.24) is 15.1 Å². The lowest BCUT2D eigenvalue weighted by molar-refractivity contribution is 0.194. The quantitative estimate of drug-likeness (QED) is 0.731. The molecule has 0 aromatic carbocycles. The van der Waals surface area contributed by atoms with Gasteiger partial charge in [-0.2, -0.15) is 5.10 Å². The van der Waals surface area contributed by atoms with Gasteiger partial charge in [-0.1, -0.05) is 6.92 Å². The zero-order chi connectivity index (χ0) is 11.8. The molecule has 0 spiro atoms. The zero-order valence-corrected chi connectivity index (χ0v) is 11.8. The number of aromatic nitrogens is 2. The van der Waals surface area contributed by atoms with Crippen LogP contribution >= 0.6 is 12.4 Å². The van der Waals surface area contributed by atoms with Crippen molar-refractivity contribution in [2.24, 2.45) is 0 Å². The second kappa shape index (κ2) is 9.45. The summed E-state index contributed by atoms with van der Waals surface area (Å²) >= 11 is 0. The lowest BCUT2D eigenvalue weighted by atomic mass is 10.2. The first-order chi connectivity index (χ1) is 7.79. The fourth-order valence-electron chi connectivity index (χ4n) is 1.61. The van der Waals surface area contributed by atoms with Crippen molar-refractivity contribution in [1.29, 1.82) is 0 Å². The minimum absolute atomic E-state index is 0. The molecule has 0 fully saturated rings. The summed E-state index contributed by atoms with van der Waals surface area (Å²) < 4.78 is 7.10.